The van der Waals surface area contributed by atoms with E-state index in [2.05, 4.69) is 15.0 Å². The summed E-state index contributed by atoms with van der Waals surface area (Å²) in [6.07, 6.45) is 4.75. The molecule has 0 bridgehead atoms. The quantitative estimate of drug-likeness (QED) is 0.172. The Hall–Kier alpha value is -4.74. The molecule has 1 fully saturated rings. The molecule has 0 unspecified atom stereocenters. The molecule has 3 aromatic carbocycles. The summed E-state index contributed by atoms with van der Waals surface area (Å²) < 4.78 is 41.3. The highest BCUT2D eigenvalue weighted by Crippen LogP contribution is 2.33. The van der Waals surface area contributed by atoms with Gasteiger partial charge in [-0.2, -0.15) is 0 Å². The lowest BCUT2D eigenvalue weighted by Crippen LogP contribution is -2.50. The monoisotopic (exact) mass is 629 g/mol. The average molecular weight is 630 g/mol. The molecule has 1 aliphatic carbocycles. The number of aromatic carboxylic acids is 1. The van der Waals surface area contributed by atoms with E-state index < -0.39 is 21.5 Å². The first kappa shape index (κ1) is 31.7. The molecule has 1 amide bonds. The predicted octanol–water partition coefficient (Wildman–Crippen LogP) is 6.04. The lowest BCUT2D eigenvalue weighted by molar-refractivity contribution is -0.115. The van der Waals surface area contributed by atoms with Gasteiger partial charge in [-0.3, -0.25) is 4.79 Å². The van der Waals surface area contributed by atoms with Crippen molar-refractivity contribution >= 4 is 27.6 Å². The van der Waals surface area contributed by atoms with Gasteiger partial charge in [0.25, 0.3) is 0 Å². The Bertz CT molecular complexity index is 1780. The number of anilines is 1. The van der Waals surface area contributed by atoms with Crippen LogP contribution < -0.4 is 19.5 Å². The molecule has 10 nitrogen and oxygen atoms in total. The number of aromatic nitrogens is 1. The number of para-hydroxylation sites is 1. The third kappa shape index (κ3) is 8.05. The second-order valence-electron chi connectivity index (χ2n) is 11.3. The van der Waals surface area contributed by atoms with Crippen molar-refractivity contribution in [3.63, 3.8) is 0 Å². The number of nitrogens with one attached hydrogen (secondary N) is 2. The Labute approximate surface area is 262 Å². The molecule has 1 aromatic heterocycles. The number of pyridine rings is 1. The van der Waals surface area contributed by atoms with Crippen molar-refractivity contribution in [3.05, 3.63) is 107 Å². The van der Waals surface area contributed by atoms with E-state index in [1.807, 2.05) is 19.9 Å². The highest BCUT2D eigenvalue weighted by molar-refractivity contribution is 7.89. The highest BCUT2D eigenvalue weighted by Gasteiger charge is 2.39. The van der Waals surface area contributed by atoms with Crippen LogP contribution in [0.2, 0.25) is 0 Å². The van der Waals surface area contributed by atoms with Crippen molar-refractivity contribution in [2.45, 2.75) is 56.4 Å². The second kappa shape index (κ2) is 13.5. The molecule has 1 aliphatic rings. The molecule has 5 rings (SSSR count). The first-order valence-corrected chi connectivity index (χ1v) is 16.1. The van der Waals surface area contributed by atoms with Gasteiger partial charge in [-0.25, -0.2) is 22.9 Å². The molecule has 0 spiro atoms. The van der Waals surface area contributed by atoms with Crippen LogP contribution in [0.3, 0.4) is 0 Å². The molecule has 1 saturated carbocycles. The van der Waals surface area contributed by atoms with Gasteiger partial charge in [-0.15, -0.1) is 0 Å². The van der Waals surface area contributed by atoms with Gasteiger partial charge in [-0.05, 0) is 91.9 Å². The molecule has 0 radical (unpaired) electrons. The van der Waals surface area contributed by atoms with Crippen LogP contribution in [0.4, 0.5) is 5.69 Å². The number of aryl methyl sites for hydroxylation is 2. The topological polar surface area (TPSA) is 144 Å². The molecule has 11 heteroatoms. The summed E-state index contributed by atoms with van der Waals surface area (Å²) in [4.78, 5) is 28.4. The Morgan fingerprint density at radius 2 is 1.62 bits per heavy atom. The average Bonchev–Trinajstić information content (AvgIpc) is 3.47. The second-order valence-corrected chi connectivity index (χ2v) is 13.0. The summed E-state index contributed by atoms with van der Waals surface area (Å²) in [6.45, 7) is 4.05. The fourth-order valence-electron chi connectivity index (χ4n) is 5.23. The van der Waals surface area contributed by atoms with Gasteiger partial charge < -0.3 is 19.9 Å². The Kier molecular flexibility index (Phi) is 9.50. The number of hydrogen-bond donors (Lipinski definition) is 3. The van der Waals surface area contributed by atoms with Crippen LogP contribution in [0.25, 0.3) is 0 Å². The van der Waals surface area contributed by atoms with Crippen molar-refractivity contribution in [1.82, 2.24) is 9.71 Å². The van der Waals surface area contributed by atoms with Crippen LogP contribution in [-0.4, -0.2) is 42.5 Å². The number of carbonyl (C=O) groups excluding carboxylic acids is 1. The van der Waals surface area contributed by atoms with E-state index in [9.17, 15) is 23.1 Å². The zero-order valence-corrected chi connectivity index (χ0v) is 25.9. The van der Waals surface area contributed by atoms with E-state index in [0.29, 0.717) is 35.8 Å². The third-order valence-electron chi connectivity index (χ3n) is 7.86. The normalized spacial score (nSPS) is 14.1. The van der Waals surface area contributed by atoms with Crippen LogP contribution in [0.5, 0.6) is 17.4 Å². The third-order valence-corrected chi connectivity index (χ3v) is 9.43. The number of nitrogens with zero attached hydrogens (tertiary/aromatic N) is 1. The van der Waals surface area contributed by atoms with Gasteiger partial charge in [0, 0.05) is 12.3 Å². The standard InChI is InChI=1S/C34H35N3O7S/c1-23-9-15-28(19-24(23)2)45(41,42)37-34(17-5-6-18-34)22-43-26-11-13-27(14-12-26)44-32-16-10-25(21-35-32)20-31(38)36-30-8-4-3-7-29(30)33(39)40/h3-4,7-16,19,21,37H,5-6,17-18,20,22H2,1-2H3,(H,36,38)(H,39,40). The molecule has 4 aromatic rings. The van der Waals surface area contributed by atoms with Crippen LogP contribution in [0.1, 0.15) is 52.7 Å². The summed E-state index contributed by atoms with van der Waals surface area (Å²) in [5.74, 6) is -0.0564. The maximum atomic E-state index is 13.2. The number of rotatable bonds is 12. The van der Waals surface area contributed by atoms with Crippen LogP contribution in [0.15, 0.2) is 90.0 Å². The van der Waals surface area contributed by atoms with E-state index >= 15 is 0 Å². The molecule has 3 N–H and O–H groups in total. The number of benzene rings is 3. The number of sulfonamides is 1. The van der Waals surface area contributed by atoms with Gasteiger partial charge in [0.15, 0.2) is 0 Å². The Balaban J connectivity index is 1.15. The fraction of sp³-hybridized carbons (Fsp3) is 0.265. The van der Waals surface area contributed by atoms with Gasteiger partial charge >= 0.3 is 5.97 Å². The number of carboxylic acids is 1. The van der Waals surface area contributed by atoms with Crippen LogP contribution in [0, 0.1) is 13.8 Å². The first-order valence-electron chi connectivity index (χ1n) is 14.6. The number of amides is 1. The molecule has 0 atom stereocenters. The zero-order valence-electron chi connectivity index (χ0n) is 25.1. The molecule has 234 valence electrons. The maximum absolute atomic E-state index is 13.2. The SMILES string of the molecule is Cc1ccc(S(=O)(=O)NC2(COc3ccc(Oc4ccc(CC(=O)Nc5ccccc5C(=O)O)cn4)cc3)CCCC2)cc1C. The largest absolute Gasteiger partial charge is 0.492 e. The molecule has 0 aliphatic heterocycles. The minimum Gasteiger partial charge on any atom is -0.492 e. The van der Waals surface area contributed by atoms with Gasteiger partial charge in [0.05, 0.1) is 28.1 Å². The summed E-state index contributed by atoms with van der Waals surface area (Å²) in [7, 11) is -3.72. The fourth-order valence-corrected chi connectivity index (χ4v) is 6.76. The lowest BCUT2D eigenvalue weighted by atomic mass is 10.0. The highest BCUT2D eigenvalue weighted by atomic mass is 32.2. The summed E-state index contributed by atoms with van der Waals surface area (Å²) in [5.41, 5.74) is 2.15. The maximum Gasteiger partial charge on any atom is 0.337 e. The summed E-state index contributed by atoms with van der Waals surface area (Å²) >= 11 is 0. The summed E-state index contributed by atoms with van der Waals surface area (Å²) in [6, 6.07) is 21.7. The number of carboxylic acid groups (broad SMARTS) is 1. The minimum atomic E-state index is -3.72. The smallest absolute Gasteiger partial charge is 0.337 e. The van der Waals surface area contributed by atoms with E-state index in [0.717, 1.165) is 24.0 Å². The van der Waals surface area contributed by atoms with Crippen molar-refractivity contribution in [2.75, 3.05) is 11.9 Å². The zero-order chi connectivity index (χ0) is 32.0. The van der Waals surface area contributed by atoms with Gasteiger partial charge in [0.2, 0.25) is 21.8 Å². The Morgan fingerprint density at radius 3 is 2.29 bits per heavy atom. The van der Waals surface area contributed by atoms with E-state index in [1.165, 1.54) is 18.3 Å². The Morgan fingerprint density at radius 1 is 0.911 bits per heavy atom. The van der Waals surface area contributed by atoms with Crippen molar-refractivity contribution < 1.29 is 32.6 Å². The number of hydrogen-bond acceptors (Lipinski definition) is 7. The van der Waals surface area contributed by atoms with Crippen LogP contribution >= 0.6 is 0 Å². The lowest BCUT2D eigenvalue weighted by Gasteiger charge is -2.30. The summed E-state index contributed by atoms with van der Waals surface area (Å²) in [5, 5.41) is 11.9. The van der Waals surface area contributed by atoms with Crippen molar-refractivity contribution in [3.8, 4) is 17.4 Å². The van der Waals surface area contributed by atoms with Gasteiger partial charge in [-0.1, -0.05) is 37.1 Å². The van der Waals surface area contributed by atoms with Crippen molar-refractivity contribution in [1.29, 1.82) is 0 Å². The van der Waals surface area contributed by atoms with E-state index in [4.69, 9.17) is 9.47 Å². The molecular formula is C34H35N3O7S. The molecular weight excluding hydrogens is 594 g/mol. The minimum absolute atomic E-state index is 0.00950. The molecule has 1 heterocycles. The predicted molar refractivity (Wildman–Crippen MR) is 169 cm³/mol. The molecule has 0 saturated heterocycles. The number of carbonyl (C=O) groups is 2. The van der Waals surface area contributed by atoms with E-state index in [1.54, 1.807) is 60.7 Å². The first-order chi connectivity index (χ1) is 21.5. The van der Waals surface area contributed by atoms with Gasteiger partial charge in [0.1, 0.15) is 18.1 Å². The molecule has 45 heavy (non-hydrogen) atoms. The van der Waals surface area contributed by atoms with E-state index in [-0.39, 0.29) is 35.1 Å². The number of ether oxygens (including phenoxy) is 2. The van der Waals surface area contributed by atoms with Crippen LogP contribution in [-0.2, 0) is 21.2 Å². The van der Waals surface area contributed by atoms with Crippen molar-refractivity contribution in [2.24, 2.45) is 0 Å².